The number of amides is 2. The number of carbonyl (C=O) groups excluding carboxylic acids is 1. The van der Waals surface area contributed by atoms with Crippen molar-refractivity contribution in [3.8, 4) is 0 Å². The predicted molar refractivity (Wildman–Crippen MR) is 83.2 cm³/mol. The van der Waals surface area contributed by atoms with Crippen molar-refractivity contribution in [3.05, 3.63) is 64.7 Å². The zero-order chi connectivity index (χ0) is 14.5. The molecule has 0 bridgehead atoms. The van der Waals surface area contributed by atoms with Crippen LogP contribution in [-0.4, -0.2) is 6.03 Å². The van der Waals surface area contributed by atoms with Gasteiger partial charge in [0.1, 0.15) is 0 Å². The van der Waals surface area contributed by atoms with Gasteiger partial charge in [-0.1, -0.05) is 41.9 Å². The Morgan fingerprint density at radius 3 is 2.60 bits per heavy atom. The average Bonchev–Trinajstić information content (AvgIpc) is 2.41. The van der Waals surface area contributed by atoms with Crippen LogP contribution >= 0.6 is 11.6 Å². The summed E-state index contributed by atoms with van der Waals surface area (Å²) < 4.78 is 0. The quantitative estimate of drug-likeness (QED) is 0.856. The fourth-order valence-electron chi connectivity index (χ4n) is 1.93. The Kier molecular flexibility index (Phi) is 4.64. The molecule has 0 spiro atoms. The predicted octanol–water partition coefficient (Wildman–Crippen LogP) is 4.53. The molecular formula is C16H17ClN2O. The van der Waals surface area contributed by atoms with Gasteiger partial charge in [0.2, 0.25) is 0 Å². The molecule has 4 heteroatoms. The molecule has 3 nitrogen and oxygen atoms in total. The Hall–Kier alpha value is -2.00. The first-order valence-electron chi connectivity index (χ1n) is 6.45. The van der Waals surface area contributed by atoms with Crippen LogP contribution in [0.4, 0.5) is 10.5 Å². The SMILES string of the molecule is Cc1ccccc1NC(=O)N[C@@H](C)c1cccc(Cl)c1. The second kappa shape index (κ2) is 6.44. The van der Waals surface area contributed by atoms with Crippen LogP contribution in [0.25, 0.3) is 0 Å². The molecule has 0 aromatic heterocycles. The number of hydrogen-bond donors (Lipinski definition) is 2. The van der Waals surface area contributed by atoms with Gasteiger partial charge in [0, 0.05) is 10.7 Å². The molecule has 104 valence electrons. The molecule has 0 saturated carbocycles. The van der Waals surface area contributed by atoms with Crippen molar-refractivity contribution in [2.45, 2.75) is 19.9 Å². The van der Waals surface area contributed by atoms with E-state index in [0.717, 1.165) is 16.8 Å². The summed E-state index contributed by atoms with van der Waals surface area (Å²) in [5.74, 6) is 0. The van der Waals surface area contributed by atoms with Gasteiger partial charge in [-0.05, 0) is 43.2 Å². The molecule has 0 saturated heterocycles. The van der Waals surface area contributed by atoms with Gasteiger partial charge in [-0.3, -0.25) is 0 Å². The molecule has 20 heavy (non-hydrogen) atoms. The molecule has 2 amide bonds. The highest BCUT2D eigenvalue weighted by atomic mass is 35.5. The van der Waals surface area contributed by atoms with Gasteiger partial charge in [0.25, 0.3) is 0 Å². The van der Waals surface area contributed by atoms with E-state index in [0.29, 0.717) is 5.02 Å². The summed E-state index contributed by atoms with van der Waals surface area (Å²) >= 11 is 5.95. The maximum Gasteiger partial charge on any atom is 0.319 e. The molecule has 0 heterocycles. The fraction of sp³-hybridized carbons (Fsp3) is 0.188. The second-order valence-corrected chi connectivity index (χ2v) is 5.13. The van der Waals surface area contributed by atoms with E-state index in [1.807, 2.05) is 62.4 Å². The number of benzene rings is 2. The summed E-state index contributed by atoms with van der Waals surface area (Å²) in [5.41, 5.74) is 2.80. The summed E-state index contributed by atoms with van der Waals surface area (Å²) in [4.78, 5) is 12.0. The number of hydrogen-bond acceptors (Lipinski definition) is 1. The molecule has 2 N–H and O–H groups in total. The van der Waals surface area contributed by atoms with Crippen LogP contribution < -0.4 is 10.6 Å². The van der Waals surface area contributed by atoms with E-state index >= 15 is 0 Å². The topological polar surface area (TPSA) is 41.1 Å². The van der Waals surface area contributed by atoms with E-state index in [1.54, 1.807) is 0 Å². The Morgan fingerprint density at radius 2 is 1.90 bits per heavy atom. The second-order valence-electron chi connectivity index (χ2n) is 4.69. The van der Waals surface area contributed by atoms with E-state index in [4.69, 9.17) is 11.6 Å². The Morgan fingerprint density at radius 1 is 1.15 bits per heavy atom. The van der Waals surface area contributed by atoms with Crippen molar-refractivity contribution in [3.63, 3.8) is 0 Å². The molecule has 0 radical (unpaired) electrons. The number of halogens is 1. The molecule has 2 aromatic rings. The number of urea groups is 1. The van der Waals surface area contributed by atoms with Crippen molar-refractivity contribution >= 4 is 23.3 Å². The number of anilines is 1. The van der Waals surface area contributed by atoms with E-state index < -0.39 is 0 Å². The maximum absolute atomic E-state index is 12.0. The monoisotopic (exact) mass is 288 g/mol. The van der Waals surface area contributed by atoms with E-state index in [9.17, 15) is 4.79 Å². The highest BCUT2D eigenvalue weighted by Gasteiger charge is 2.10. The number of nitrogens with one attached hydrogen (secondary N) is 2. The molecule has 1 atom stereocenters. The lowest BCUT2D eigenvalue weighted by molar-refractivity contribution is 0.249. The first-order chi connectivity index (χ1) is 9.56. The summed E-state index contributed by atoms with van der Waals surface area (Å²) in [6, 6.07) is 14.8. The minimum Gasteiger partial charge on any atom is -0.331 e. The summed E-state index contributed by atoms with van der Waals surface area (Å²) in [6.45, 7) is 3.87. The molecular weight excluding hydrogens is 272 g/mol. The normalized spacial score (nSPS) is 11.8. The minimum absolute atomic E-state index is 0.113. The third kappa shape index (κ3) is 3.75. The smallest absolute Gasteiger partial charge is 0.319 e. The van der Waals surface area contributed by atoms with E-state index in [1.165, 1.54) is 0 Å². The first kappa shape index (κ1) is 14.4. The van der Waals surface area contributed by atoms with Crippen LogP contribution in [0.15, 0.2) is 48.5 Å². The van der Waals surface area contributed by atoms with Crippen molar-refractivity contribution < 1.29 is 4.79 Å². The van der Waals surface area contributed by atoms with E-state index in [2.05, 4.69) is 10.6 Å². The third-order valence-electron chi connectivity index (χ3n) is 3.09. The van der Waals surface area contributed by atoms with Gasteiger partial charge in [0.15, 0.2) is 0 Å². The van der Waals surface area contributed by atoms with Gasteiger partial charge in [-0.2, -0.15) is 0 Å². The van der Waals surface area contributed by atoms with Gasteiger partial charge in [0.05, 0.1) is 6.04 Å². The number of carbonyl (C=O) groups is 1. The Balaban J connectivity index is 2.00. The van der Waals surface area contributed by atoms with Crippen molar-refractivity contribution in [1.82, 2.24) is 5.32 Å². The Bertz CT molecular complexity index is 613. The highest BCUT2D eigenvalue weighted by molar-refractivity contribution is 6.30. The van der Waals surface area contributed by atoms with Gasteiger partial charge in [-0.15, -0.1) is 0 Å². The van der Waals surface area contributed by atoms with Crippen LogP contribution in [0, 0.1) is 6.92 Å². The maximum atomic E-state index is 12.0. The van der Waals surface area contributed by atoms with Crippen LogP contribution in [0.2, 0.25) is 5.02 Å². The lowest BCUT2D eigenvalue weighted by atomic mass is 10.1. The Labute approximate surface area is 124 Å². The van der Waals surface area contributed by atoms with Crippen molar-refractivity contribution in [2.75, 3.05) is 5.32 Å². The number of para-hydroxylation sites is 1. The molecule has 0 unspecified atom stereocenters. The van der Waals surface area contributed by atoms with Crippen molar-refractivity contribution in [1.29, 1.82) is 0 Å². The summed E-state index contributed by atoms with van der Waals surface area (Å²) in [7, 11) is 0. The number of aryl methyl sites for hydroxylation is 1. The lowest BCUT2D eigenvalue weighted by Crippen LogP contribution is -2.31. The standard InChI is InChI=1S/C16H17ClN2O/c1-11-6-3-4-9-15(11)19-16(20)18-12(2)13-7-5-8-14(17)10-13/h3-10,12H,1-2H3,(H2,18,19,20)/t12-/m0/s1. The zero-order valence-electron chi connectivity index (χ0n) is 11.5. The summed E-state index contributed by atoms with van der Waals surface area (Å²) in [5, 5.41) is 6.40. The van der Waals surface area contributed by atoms with Crippen LogP contribution in [0.1, 0.15) is 24.1 Å². The third-order valence-corrected chi connectivity index (χ3v) is 3.32. The minimum atomic E-state index is -0.230. The average molecular weight is 289 g/mol. The van der Waals surface area contributed by atoms with E-state index in [-0.39, 0.29) is 12.1 Å². The van der Waals surface area contributed by atoms with Gasteiger partial charge < -0.3 is 10.6 Å². The molecule has 0 fully saturated rings. The molecule has 2 rings (SSSR count). The van der Waals surface area contributed by atoms with Gasteiger partial charge in [-0.25, -0.2) is 4.79 Å². The lowest BCUT2D eigenvalue weighted by Gasteiger charge is -2.16. The molecule has 0 aliphatic rings. The fourth-order valence-corrected chi connectivity index (χ4v) is 2.13. The molecule has 2 aromatic carbocycles. The summed E-state index contributed by atoms with van der Waals surface area (Å²) in [6.07, 6.45) is 0. The molecule has 0 aliphatic carbocycles. The van der Waals surface area contributed by atoms with Gasteiger partial charge >= 0.3 is 6.03 Å². The van der Waals surface area contributed by atoms with Crippen molar-refractivity contribution in [2.24, 2.45) is 0 Å². The largest absolute Gasteiger partial charge is 0.331 e. The van der Waals surface area contributed by atoms with Crippen LogP contribution in [-0.2, 0) is 0 Å². The highest BCUT2D eigenvalue weighted by Crippen LogP contribution is 2.18. The van der Waals surface area contributed by atoms with Crippen LogP contribution in [0.5, 0.6) is 0 Å². The molecule has 0 aliphatic heterocycles. The zero-order valence-corrected chi connectivity index (χ0v) is 12.2. The number of rotatable bonds is 3. The van der Waals surface area contributed by atoms with Crippen LogP contribution in [0.3, 0.4) is 0 Å². The first-order valence-corrected chi connectivity index (χ1v) is 6.82.